The Kier molecular flexibility index (Phi) is 4.98. The normalized spacial score (nSPS) is 33.9. The molecule has 0 aromatic heterocycles. The fraction of sp³-hybridized carbons (Fsp3) is 0.875. The van der Waals surface area contributed by atoms with Crippen LogP contribution in [-0.4, -0.2) is 73.0 Å². The van der Waals surface area contributed by atoms with Crippen LogP contribution in [-0.2, 0) is 9.59 Å². The zero-order valence-corrected chi connectivity index (χ0v) is 13.5. The maximum absolute atomic E-state index is 12.8. The number of hydrogen-bond donors (Lipinski definition) is 2. The van der Waals surface area contributed by atoms with E-state index in [0.29, 0.717) is 13.1 Å². The van der Waals surface area contributed by atoms with Gasteiger partial charge in [0, 0.05) is 38.3 Å². The van der Waals surface area contributed by atoms with Crippen LogP contribution in [0.1, 0.15) is 32.6 Å². The van der Waals surface area contributed by atoms with Crippen molar-refractivity contribution in [2.45, 2.75) is 44.7 Å². The van der Waals surface area contributed by atoms with Gasteiger partial charge in [-0.15, -0.1) is 0 Å². The summed E-state index contributed by atoms with van der Waals surface area (Å²) in [6.45, 7) is 6.76. The van der Waals surface area contributed by atoms with E-state index in [-0.39, 0.29) is 29.8 Å². The van der Waals surface area contributed by atoms with Crippen molar-refractivity contribution >= 4 is 11.8 Å². The van der Waals surface area contributed by atoms with Gasteiger partial charge in [-0.25, -0.2) is 0 Å². The highest BCUT2D eigenvalue weighted by atomic mass is 16.2. The van der Waals surface area contributed by atoms with Gasteiger partial charge >= 0.3 is 0 Å². The van der Waals surface area contributed by atoms with Crippen molar-refractivity contribution in [1.29, 1.82) is 0 Å². The van der Waals surface area contributed by atoms with Crippen molar-refractivity contribution in [2.75, 3.05) is 39.3 Å². The Balaban J connectivity index is 1.62. The average Bonchev–Trinajstić information content (AvgIpc) is 2.55. The summed E-state index contributed by atoms with van der Waals surface area (Å²) in [6.07, 6.45) is 4.09. The zero-order chi connectivity index (χ0) is 15.5. The lowest BCUT2D eigenvalue weighted by Gasteiger charge is -2.43. The van der Waals surface area contributed by atoms with E-state index in [1.165, 1.54) is 0 Å². The molecule has 3 aliphatic rings. The summed E-state index contributed by atoms with van der Waals surface area (Å²) in [6, 6.07) is 0.474. The Bertz CT molecular complexity index is 428. The minimum absolute atomic E-state index is 0.103. The molecule has 3 heterocycles. The number of carbonyl (C=O) groups is 2. The molecule has 0 bridgehead atoms. The molecule has 3 aliphatic heterocycles. The number of nitrogens with zero attached hydrogens (tertiary/aromatic N) is 2. The van der Waals surface area contributed by atoms with Gasteiger partial charge in [-0.05, 0) is 39.2 Å². The molecular weight excluding hydrogens is 280 g/mol. The summed E-state index contributed by atoms with van der Waals surface area (Å²) < 4.78 is 0. The van der Waals surface area contributed by atoms with Crippen molar-refractivity contribution in [1.82, 2.24) is 20.4 Å². The Labute approximate surface area is 132 Å². The van der Waals surface area contributed by atoms with E-state index in [4.69, 9.17) is 0 Å². The first-order valence-electron chi connectivity index (χ1n) is 8.69. The summed E-state index contributed by atoms with van der Waals surface area (Å²) in [5.74, 6) is 0.566. The Morgan fingerprint density at radius 1 is 1.18 bits per heavy atom. The molecule has 3 fully saturated rings. The van der Waals surface area contributed by atoms with Gasteiger partial charge in [-0.1, -0.05) is 0 Å². The highest BCUT2D eigenvalue weighted by Gasteiger charge is 2.36. The fourth-order valence-corrected chi connectivity index (χ4v) is 4.03. The maximum atomic E-state index is 12.8. The first-order valence-corrected chi connectivity index (χ1v) is 8.69. The van der Waals surface area contributed by atoms with Crippen LogP contribution in [0.3, 0.4) is 0 Å². The van der Waals surface area contributed by atoms with Gasteiger partial charge in [0.05, 0.1) is 12.5 Å². The number of piperidine rings is 2. The van der Waals surface area contributed by atoms with E-state index in [2.05, 4.69) is 17.6 Å². The second-order valence-corrected chi connectivity index (χ2v) is 6.84. The third-order valence-corrected chi connectivity index (χ3v) is 5.35. The van der Waals surface area contributed by atoms with Crippen LogP contribution >= 0.6 is 0 Å². The van der Waals surface area contributed by atoms with Crippen LogP contribution in [0, 0.1) is 5.92 Å². The molecule has 0 aliphatic carbocycles. The molecule has 0 aromatic rings. The molecule has 0 spiro atoms. The smallest absolute Gasteiger partial charge is 0.236 e. The van der Waals surface area contributed by atoms with Crippen molar-refractivity contribution in [3.8, 4) is 0 Å². The standard InChI is InChI=1S/C16H28N4O2/c1-12-14(5-2-6-18-12)16(22)19-8-3-4-13(11-19)20-9-7-17-10-15(20)21/h12-14,17-18H,2-11H2,1H3. The molecule has 2 amide bonds. The number of amides is 2. The van der Waals surface area contributed by atoms with Crippen molar-refractivity contribution in [3.05, 3.63) is 0 Å². The quantitative estimate of drug-likeness (QED) is 0.741. The van der Waals surface area contributed by atoms with E-state index >= 15 is 0 Å². The van der Waals surface area contributed by atoms with Crippen LogP contribution in [0.25, 0.3) is 0 Å². The molecule has 3 saturated heterocycles. The number of hydrogen-bond acceptors (Lipinski definition) is 4. The highest BCUT2D eigenvalue weighted by Crippen LogP contribution is 2.23. The summed E-state index contributed by atoms with van der Waals surface area (Å²) in [7, 11) is 0. The predicted molar refractivity (Wildman–Crippen MR) is 84.4 cm³/mol. The fourth-order valence-electron chi connectivity index (χ4n) is 4.03. The SMILES string of the molecule is CC1NCCCC1C(=O)N1CCCC(N2CCNCC2=O)C1. The van der Waals surface area contributed by atoms with Gasteiger partial charge in [-0.3, -0.25) is 9.59 Å². The topological polar surface area (TPSA) is 64.7 Å². The predicted octanol–water partition coefficient (Wildman–Crippen LogP) is -0.203. The summed E-state index contributed by atoms with van der Waals surface area (Å²) >= 11 is 0. The van der Waals surface area contributed by atoms with E-state index in [1.807, 2.05) is 9.80 Å². The van der Waals surface area contributed by atoms with Gasteiger partial charge in [0.25, 0.3) is 0 Å². The van der Waals surface area contributed by atoms with E-state index in [0.717, 1.165) is 51.9 Å². The van der Waals surface area contributed by atoms with E-state index in [9.17, 15) is 9.59 Å². The molecule has 6 heteroatoms. The second kappa shape index (κ2) is 6.96. The van der Waals surface area contributed by atoms with Crippen LogP contribution in [0.15, 0.2) is 0 Å². The molecule has 2 N–H and O–H groups in total. The molecule has 3 atom stereocenters. The van der Waals surface area contributed by atoms with Gasteiger partial charge in [0.2, 0.25) is 11.8 Å². The first-order chi connectivity index (χ1) is 10.7. The van der Waals surface area contributed by atoms with Gasteiger partial charge < -0.3 is 20.4 Å². The summed E-state index contributed by atoms with van der Waals surface area (Å²) in [4.78, 5) is 28.9. The lowest BCUT2D eigenvalue weighted by Crippen LogP contribution is -2.59. The lowest BCUT2D eigenvalue weighted by atomic mass is 9.89. The van der Waals surface area contributed by atoms with Crippen molar-refractivity contribution in [3.63, 3.8) is 0 Å². The number of likely N-dealkylation sites (tertiary alicyclic amines) is 1. The summed E-state index contributed by atoms with van der Waals surface area (Å²) in [5, 5.41) is 6.53. The van der Waals surface area contributed by atoms with E-state index in [1.54, 1.807) is 0 Å². The number of rotatable bonds is 2. The Morgan fingerprint density at radius 3 is 2.82 bits per heavy atom. The third kappa shape index (κ3) is 3.27. The molecule has 0 aromatic carbocycles. The summed E-state index contributed by atoms with van der Waals surface area (Å²) in [5.41, 5.74) is 0. The number of nitrogens with one attached hydrogen (secondary N) is 2. The molecule has 22 heavy (non-hydrogen) atoms. The van der Waals surface area contributed by atoms with Gasteiger partial charge in [0.15, 0.2) is 0 Å². The Hall–Kier alpha value is -1.14. The third-order valence-electron chi connectivity index (χ3n) is 5.35. The zero-order valence-electron chi connectivity index (χ0n) is 13.5. The minimum atomic E-state index is 0.103. The monoisotopic (exact) mass is 308 g/mol. The molecule has 124 valence electrons. The van der Waals surface area contributed by atoms with Gasteiger partial charge in [-0.2, -0.15) is 0 Å². The average molecular weight is 308 g/mol. The van der Waals surface area contributed by atoms with Crippen LogP contribution < -0.4 is 10.6 Å². The van der Waals surface area contributed by atoms with Crippen LogP contribution in [0.5, 0.6) is 0 Å². The van der Waals surface area contributed by atoms with E-state index < -0.39 is 0 Å². The van der Waals surface area contributed by atoms with Crippen LogP contribution in [0.2, 0.25) is 0 Å². The second-order valence-electron chi connectivity index (χ2n) is 6.84. The molecular formula is C16H28N4O2. The van der Waals surface area contributed by atoms with Crippen molar-refractivity contribution < 1.29 is 9.59 Å². The molecule has 3 rings (SSSR count). The number of carbonyl (C=O) groups excluding carboxylic acids is 2. The first kappa shape index (κ1) is 15.7. The molecule has 3 unspecified atom stereocenters. The lowest BCUT2D eigenvalue weighted by molar-refractivity contribution is -0.143. The number of piperazine rings is 1. The highest BCUT2D eigenvalue weighted by molar-refractivity contribution is 5.81. The Morgan fingerprint density at radius 2 is 2.05 bits per heavy atom. The van der Waals surface area contributed by atoms with Crippen molar-refractivity contribution in [2.24, 2.45) is 5.92 Å². The molecule has 0 saturated carbocycles. The van der Waals surface area contributed by atoms with Gasteiger partial charge in [0.1, 0.15) is 0 Å². The largest absolute Gasteiger partial charge is 0.340 e. The van der Waals surface area contributed by atoms with Crippen LogP contribution in [0.4, 0.5) is 0 Å². The maximum Gasteiger partial charge on any atom is 0.236 e. The molecule has 6 nitrogen and oxygen atoms in total. The molecule has 0 radical (unpaired) electrons. The minimum Gasteiger partial charge on any atom is -0.340 e.